The summed E-state index contributed by atoms with van der Waals surface area (Å²) < 4.78 is 0. The second kappa shape index (κ2) is 8.60. The lowest BCUT2D eigenvalue weighted by Crippen LogP contribution is -2.02. The Hall–Kier alpha value is -4.67. The van der Waals surface area contributed by atoms with Crippen molar-refractivity contribution in [2.45, 2.75) is 6.92 Å². The molecule has 1 heteroatoms. The van der Waals surface area contributed by atoms with E-state index in [2.05, 4.69) is 84.6 Å². The molecule has 6 aromatic rings. The Kier molecular flexibility index (Phi) is 5.13. The highest BCUT2D eigenvalue weighted by atomic mass is 16.1. The summed E-state index contributed by atoms with van der Waals surface area (Å²) in [5.74, 6) is 6.76. The summed E-state index contributed by atoms with van der Waals surface area (Å²) in [5.41, 5.74) is 4.33. The average molecular weight is 447 g/mol. The summed E-state index contributed by atoms with van der Waals surface area (Å²) in [7, 11) is 0. The van der Waals surface area contributed by atoms with Crippen LogP contribution in [0.4, 0.5) is 0 Å². The number of carbonyl (C=O) groups is 1. The minimum absolute atomic E-state index is 0.0155. The van der Waals surface area contributed by atoms with Crippen LogP contribution in [-0.4, -0.2) is 5.78 Å². The third-order valence-electron chi connectivity index (χ3n) is 6.54. The summed E-state index contributed by atoms with van der Waals surface area (Å²) in [6.45, 7) is 1.63. The Bertz CT molecular complexity index is 1830. The zero-order chi connectivity index (χ0) is 23.8. The molecular formula is C34H22O. The first-order chi connectivity index (χ1) is 17.2. The highest BCUT2D eigenvalue weighted by molar-refractivity contribution is 6.10. The Morgan fingerprint density at radius 3 is 1.89 bits per heavy atom. The van der Waals surface area contributed by atoms with Crippen molar-refractivity contribution in [3.05, 3.63) is 132 Å². The van der Waals surface area contributed by atoms with E-state index in [1.807, 2.05) is 42.5 Å². The Morgan fingerprint density at radius 2 is 1.17 bits per heavy atom. The molecule has 6 rings (SSSR count). The van der Waals surface area contributed by atoms with Crippen molar-refractivity contribution in [1.29, 1.82) is 0 Å². The maximum Gasteiger partial charge on any atom is 0.161 e. The van der Waals surface area contributed by atoms with Crippen molar-refractivity contribution in [3.8, 4) is 23.0 Å². The van der Waals surface area contributed by atoms with Crippen molar-refractivity contribution in [2.24, 2.45) is 0 Å². The fourth-order valence-corrected chi connectivity index (χ4v) is 4.83. The molecule has 0 radical (unpaired) electrons. The van der Waals surface area contributed by atoms with Gasteiger partial charge in [0.25, 0.3) is 0 Å². The van der Waals surface area contributed by atoms with Gasteiger partial charge in [0.15, 0.2) is 5.78 Å². The number of ketones is 1. The molecule has 0 aliphatic heterocycles. The molecule has 0 atom stereocenters. The monoisotopic (exact) mass is 446 g/mol. The van der Waals surface area contributed by atoms with Gasteiger partial charge in [-0.3, -0.25) is 4.79 Å². The van der Waals surface area contributed by atoms with Crippen LogP contribution in [0.2, 0.25) is 0 Å². The average Bonchev–Trinajstić information content (AvgIpc) is 2.90. The second-order valence-electron chi connectivity index (χ2n) is 8.83. The molecule has 0 spiro atoms. The van der Waals surface area contributed by atoms with Gasteiger partial charge in [-0.05, 0) is 74.6 Å². The van der Waals surface area contributed by atoms with Gasteiger partial charge in [-0.25, -0.2) is 0 Å². The maximum atomic E-state index is 13.1. The van der Waals surface area contributed by atoms with Gasteiger partial charge in [0.05, 0.1) is 0 Å². The van der Waals surface area contributed by atoms with E-state index in [9.17, 15) is 4.79 Å². The maximum absolute atomic E-state index is 13.1. The standard InChI is InChI=1S/C34H22O/c1-23(35)34-32(19-15-24-14-16-25-8-2-4-10-27(25)20-24)31-13-7-6-12-29(31)22-33(34)30-18-17-26-9-3-5-11-28(26)21-30/h2-14,16-18,20-22H,1H3. The topological polar surface area (TPSA) is 17.1 Å². The van der Waals surface area contributed by atoms with Gasteiger partial charge < -0.3 is 0 Å². The van der Waals surface area contributed by atoms with E-state index in [4.69, 9.17) is 0 Å². The third-order valence-corrected chi connectivity index (χ3v) is 6.54. The molecule has 0 aromatic heterocycles. The van der Waals surface area contributed by atoms with Crippen molar-refractivity contribution >= 4 is 38.1 Å². The predicted octanol–water partition coefficient (Wildman–Crippen LogP) is 8.42. The van der Waals surface area contributed by atoms with E-state index in [0.717, 1.165) is 43.8 Å². The number of fused-ring (bicyclic) bond motifs is 3. The van der Waals surface area contributed by atoms with Crippen molar-refractivity contribution < 1.29 is 4.79 Å². The smallest absolute Gasteiger partial charge is 0.161 e. The number of hydrogen-bond acceptors (Lipinski definition) is 1. The van der Waals surface area contributed by atoms with Crippen LogP contribution in [0.3, 0.4) is 0 Å². The third kappa shape index (κ3) is 3.86. The number of benzene rings is 6. The SMILES string of the molecule is CC(=O)c1c(-c2ccc3ccccc3c2)cc2ccccc2c1C#Cc1ccc2ccccc2c1. The van der Waals surface area contributed by atoms with Crippen molar-refractivity contribution in [1.82, 2.24) is 0 Å². The first kappa shape index (κ1) is 20.9. The molecule has 0 aliphatic carbocycles. The second-order valence-corrected chi connectivity index (χ2v) is 8.83. The van der Waals surface area contributed by atoms with Gasteiger partial charge in [-0.2, -0.15) is 0 Å². The quantitative estimate of drug-likeness (QED) is 0.193. The first-order valence-electron chi connectivity index (χ1n) is 11.7. The lowest BCUT2D eigenvalue weighted by Gasteiger charge is -2.14. The van der Waals surface area contributed by atoms with E-state index < -0.39 is 0 Å². The highest BCUT2D eigenvalue weighted by Gasteiger charge is 2.17. The van der Waals surface area contributed by atoms with Crippen molar-refractivity contribution in [2.75, 3.05) is 0 Å². The predicted molar refractivity (Wildman–Crippen MR) is 147 cm³/mol. The van der Waals surface area contributed by atoms with Crippen molar-refractivity contribution in [3.63, 3.8) is 0 Å². The number of rotatable bonds is 2. The summed E-state index contributed by atoms with van der Waals surface area (Å²) in [6.07, 6.45) is 0. The molecule has 35 heavy (non-hydrogen) atoms. The molecule has 0 unspecified atom stereocenters. The van der Waals surface area contributed by atoms with E-state index in [-0.39, 0.29) is 5.78 Å². The molecule has 0 saturated heterocycles. The Morgan fingerprint density at radius 1 is 0.571 bits per heavy atom. The molecule has 1 nitrogen and oxygen atoms in total. The molecule has 0 fully saturated rings. The zero-order valence-electron chi connectivity index (χ0n) is 19.4. The van der Waals surface area contributed by atoms with Gasteiger partial charge in [-0.1, -0.05) is 103 Å². The molecule has 0 saturated carbocycles. The highest BCUT2D eigenvalue weighted by Crippen LogP contribution is 2.34. The van der Waals surface area contributed by atoms with Gasteiger partial charge in [-0.15, -0.1) is 0 Å². The molecule has 0 amide bonds. The van der Waals surface area contributed by atoms with Crippen LogP contribution in [-0.2, 0) is 0 Å². The van der Waals surface area contributed by atoms with Crippen LogP contribution in [0, 0.1) is 11.8 Å². The van der Waals surface area contributed by atoms with E-state index in [0.29, 0.717) is 5.56 Å². The zero-order valence-corrected chi connectivity index (χ0v) is 19.4. The normalized spacial score (nSPS) is 10.9. The fourth-order valence-electron chi connectivity index (χ4n) is 4.83. The molecule has 6 aromatic carbocycles. The molecule has 164 valence electrons. The number of hydrogen-bond donors (Lipinski definition) is 0. The van der Waals surface area contributed by atoms with Gasteiger partial charge in [0, 0.05) is 16.7 Å². The van der Waals surface area contributed by atoms with Crippen LogP contribution in [0.1, 0.15) is 28.4 Å². The molecule has 0 aliphatic rings. The van der Waals surface area contributed by atoms with Gasteiger partial charge in [0.1, 0.15) is 0 Å². The lowest BCUT2D eigenvalue weighted by atomic mass is 9.88. The van der Waals surface area contributed by atoms with E-state index in [1.165, 1.54) is 10.8 Å². The minimum Gasteiger partial charge on any atom is -0.294 e. The van der Waals surface area contributed by atoms with Crippen LogP contribution in [0.25, 0.3) is 43.4 Å². The van der Waals surface area contributed by atoms with Crippen LogP contribution in [0.5, 0.6) is 0 Å². The summed E-state index contributed by atoms with van der Waals surface area (Å²) in [6, 6.07) is 39.5. The van der Waals surface area contributed by atoms with Gasteiger partial charge >= 0.3 is 0 Å². The minimum atomic E-state index is 0.0155. The van der Waals surface area contributed by atoms with E-state index in [1.54, 1.807) is 6.92 Å². The van der Waals surface area contributed by atoms with Crippen LogP contribution < -0.4 is 0 Å². The number of Topliss-reactive ketones (excluding diaryl/α,β-unsaturated/α-hetero) is 1. The Labute approximate surface area is 204 Å². The summed E-state index contributed by atoms with van der Waals surface area (Å²) in [4.78, 5) is 13.1. The van der Waals surface area contributed by atoms with Gasteiger partial charge in [0.2, 0.25) is 0 Å². The molecule has 0 bridgehead atoms. The fraction of sp³-hybridized carbons (Fsp3) is 0.0294. The number of carbonyl (C=O) groups excluding carboxylic acids is 1. The largest absolute Gasteiger partial charge is 0.294 e. The molecular weight excluding hydrogens is 424 g/mol. The van der Waals surface area contributed by atoms with Crippen LogP contribution >= 0.6 is 0 Å². The molecule has 0 heterocycles. The first-order valence-corrected chi connectivity index (χ1v) is 11.7. The summed E-state index contributed by atoms with van der Waals surface area (Å²) >= 11 is 0. The lowest BCUT2D eigenvalue weighted by molar-refractivity contribution is 0.101. The van der Waals surface area contributed by atoms with Crippen LogP contribution in [0.15, 0.2) is 115 Å². The Balaban J connectivity index is 1.60. The molecule has 0 N–H and O–H groups in total. The van der Waals surface area contributed by atoms with E-state index >= 15 is 0 Å². The summed E-state index contributed by atoms with van der Waals surface area (Å²) in [5, 5.41) is 6.74.